The molecule has 0 amide bonds. The molecule has 0 nitrogen and oxygen atoms in total. The molecule has 1 aromatic rings. The van der Waals surface area contributed by atoms with E-state index < -0.39 is 24.2 Å². The number of hydrogen-bond acceptors (Lipinski definition) is 0. The van der Waals surface area contributed by atoms with Crippen molar-refractivity contribution in [2.45, 2.75) is 76.2 Å². The lowest BCUT2D eigenvalue weighted by Crippen LogP contribution is -2.68. The highest BCUT2D eigenvalue weighted by atomic mass is 28.5. The van der Waals surface area contributed by atoms with Gasteiger partial charge in [-0.2, -0.15) is 0 Å². The molecule has 0 N–H and O–H groups in total. The first kappa shape index (κ1) is 21.9. The van der Waals surface area contributed by atoms with Gasteiger partial charge in [0.15, 0.2) is 0 Å². The van der Waals surface area contributed by atoms with E-state index in [9.17, 15) is 0 Å². The SMILES string of the molecule is C/C(=C\Cc1ccccc1)[Si]C([Si](C)(C)C)([Si](C)(C)C)[Si](C)(C)C. The lowest BCUT2D eigenvalue weighted by atomic mass is 10.1. The Morgan fingerprint density at radius 3 is 1.62 bits per heavy atom. The van der Waals surface area contributed by atoms with E-state index in [1.807, 2.05) is 0 Å². The number of allylic oxidation sites excluding steroid dienone is 2. The van der Waals surface area contributed by atoms with Crippen LogP contribution >= 0.6 is 0 Å². The van der Waals surface area contributed by atoms with E-state index in [2.05, 4.69) is 102 Å². The van der Waals surface area contributed by atoms with Gasteiger partial charge >= 0.3 is 0 Å². The van der Waals surface area contributed by atoms with Gasteiger partial charge in [0, 0.05) is 24.2 Å². The van der Waals surface area contributed by atoms with Crippen LogP contribution in [0, 0.1) is 0 Å². The van der Waals surface area contributed by atoms with Gasteiger partial charge in [-0.25, -0.2) is 0 Å². The number of hydrogen-bond donors (Lipinski definition) is 0. The van der Waals surface area contributed by atoms with Crippen molar-refractivity contribution in [3.05, 3.63) is 47.2 Å². The summed E-state index contributed by atoms with van der Waals surface area (Å²) >= 11 is 0. The van der Waals surface area contributed by atoms with Crippen LogP contribution in [0.2, 0.25) is 62.8 Å². The molecular weight excluding hydrogens is 353 g/mol. The Balaban J connectivity index is 3.22. The average molecular weight is 391 g/mol. The van der Waals surface area contributed by atoms with E-state index in [1.54, 1.807) is 5.20 Å². The molecule has 0 aliphatic heterocycles. The standard InChI is InChI=1S/C20H38Si4/c1-18(16-17-19-14-12-11-13-15-19)21-20(22(2,3)4,23(5,6)7)24(8,9)10/h11-16H,17H2,1-10H3/b18-16+. The molecule has 0 bridgehead atoms. The molecule has 0 aliphatic rings. The van der Waals surface area contributed by atoms with Crippen molar-refractivity contribution < 1.29 is 0 Å². The van der Waals surface area contributed by atoms with E-state index in [-0.39, 0.29) is 0 Å². The van der Waals surface area contributed by atoms with Gasteiger partial charge in [-0.1, -0.05) is 101 Å². The van der Waals surface area contributed by atoms with Crippen molar-refractivity contribution in [2.24, 2.45) is 0 Å². The van der Waals surface area contributed by atoms with Crippen LogP contribution in [0.3, 0.4) is 0 Å². The second kappa shape index (κ2) is 7.60. The summed E-state index contributed by atoms with van der Waals surface area (Å²) in [6.07, 6.45) is 3.60. The Labute approximate surface area is 157 Å². The third-order valence-electron chi connectivity index (χ3n) is 5.25. The molecule has 1 aromatic carbocycles. The van der Waals surface area contributed by atoms with Crippen LogP contribution in [0.4, 0.5) is 0 Å². The van der Waals surface area contributed by atoms with Crippen LogP contribution in [-0.4, -0.2) is 33.7 Å². The van der Waals surface area contributed by atoms with Crippen molar-refractivity contribution in [3.8, 4) is 0 Å². The highest BCUT2D eigenvalue weighted by molar-refractivity contribution is 7.24. The molecule has 0 heterocycles. The maximum Gasteiger partial charge on any atom is 0.0721 e. The first-order valence-corrected chi connectivity index (χ1v) is 20.7. The predicted molar refractivity (Wildman–Crippen MR) is 122 cm³/mol. The molecule has 0 aromatic heterocycles. The van der Waals surface area contributed by atoms with Crippen LogP contribution in [0.1, 0.15) is 12.5 Å². The quantitative estimate of drug-likeness (QED) is 0.458. The number of rotatable bonds is 7. The van der Waals surface area contributed by atoms with E-state index in [0.29, 0.717) is 3.91 Å². The van der Waals surface area contributed by atoms with Crippen molar-refractivity contribution in [3.63, 3.8) is 0 Å². The highest BCUT2D eigenvalue weighted by Gasteiger charge is 2.59. The van der Waals surface area contributed by atoms with E-state index >= 15 is 0 Å². The molecule has 0 aliphatic carbocycles. The Morgan fingerprint density at radius 1 is 0.833 bits per heavy atom. The molecule has 0 unspecified atom stereocenters. The van der Waals surface area contributed by atoms with Gasteiger partial charge in [0.05, 0.1) is 9.52 Å². The maximum absolute atomic E-state index is 2.64. The van der Waals surface area contributed by atoms with Crippen LogP contribution < -0.4 is 0 Å². The fourth-order valence-electron chi connectivity index (χ4n) is 5.17. The van der Waals surface area contributed by atoms with Crippen molar-refractivity contribution >= 4 is 33.7 Å². The molecule has 2 radical (unpaired) electrons. The number of benzene rings is 1. The van der Waals surface area contributed by atoms with Crippen molar-refractivity contribution in [1.82, 2.24) is 0 Å². The summed E-state index contributed by atoms with van der Waals surface area (Å²) in [7, 11) is -2.83. The van der Waals surface area contributed by atoms with Gasteiger partial charge in [0.2, 0.25) is 0 Å². The minimum Gasteiger partial charge on any atom is -0.0921 e. The summed E-state index contributed by atoms with van der Waals surface area (Å²) in [5.41, 5.74) is 1.43. The average Bonchev–Trinajstić information content (AvgIpc) is 2.39. The lowest BCUT2D eigenvalue weighted by molar-refractivity contribution is 1.21. The van der Waals surface area contributed by atoms with Gasteiger partial charge in [-0.3, -0.25) is 0 Å². The molecular formula is C20H38Si4. The summed E-state index contributed by atoms with van der Waals surface area (Å²) in [6, 6.07) is 10.9. The normalized spacial score (nSPS) is 14.8. The molecule has 0 saturated carbocycles. The molecule has 4 heteroatoms. The minimum absolute atomic E-state index is 0.657. The molecule has 24 heavy (non-hydrogen) atoms. The smallest absolute Gasteiger partial charge is 0.0721 e. The first-order valence-electron chi connectivity index (χ1n) is 9.21. The third kappa shape index (κ3) is 4.71. The largest absolute Gasteiger partial charge is 0.0921 e. The maximum atomic E-state index is 2.64. The van der Waals surface area contributed by atoms with E-state index in [0.717, 1.165) is 15.9 Å². The summed E-state index contributed by atoms with van der Waals surface area (Å²) < 4.78 is 0.657. The second-order valence-corrected chi connectivity index (χ2v) is 30.7. The molecule has 1 rings (SSSR count). The van der Waals surface area contributed by atoms with Crippen molar-refractivity contribution in [2.75, 3.05) is 0 Å². The molecule has 0 atom stereocenters. The Bertz CT molecular complexity index is 518. The summed E-state index contributed by atoms with van der Waals surface area (Å²) in [4.78, 5) is 0. The van der Waals surface area contributed by atoms with Gasteiger partial charge in [0.1, 0.15) is 0 Å². The van der Waals surface area contributed by atoms with E-state index in [4.69, 9.17) is 0 Å². The van der Waals surface area contributed by atoms with E-state index in [1.165, 1.54) is 5.56 Å². The molecule has 0 saturated heterocycles. The van der Waals surface area contributed by atoms with Crippen LogP contribution in [-0.2, 0) is 6.42 Å². The predicted octanol–water partition coefficient (Wildman–Crippen LogP) is 6.63. The molecule has 0 fully saturated rings. The highest BCUT2D eigenvalue weighted by Crippen LogP contribution is 2.53. The Kier molecular flexibility index (Phi) is 6.93. The minimum atomic E-state index is -1.28. The van der Waals surface area contributed by atoms with Crippen LogP contribution in [0.25, 0.3) is 0 Å². The van der Waals surface area contributed by atoms with Gasteiger partial charge < -0.3 is 0 Å². The summed E-state index contributed by atoms with van der Waals surface area (Å²) in [6.45, 7) is 26.2. The Hall–Kier alpha value is -0.172. The van der Waals surface area contributed by atoms with Gasteiger partial charge in [-0.15, -0.1) is 0 Å². The lowest BCUT2D eigenvalue weighted by Gasteiger charge is -2.59. The molecule has 0 spiro atoms. The van der Waals surface area contributed by atoms with Gasteiger partial charge in [-0.05, 0) is 22.8 Å². The second-order valence-electron chi connectivity index (χ2n) is 10.2. The topological polar surface area (TPSA) is 0 Å². The zero-order valence-electron chi connectivity index (χ0n) is 17.7. The van der Waals surface area contributed by atoms with Crippen LogP contribution in [0.5, 0.6) is 0 Å². The Morgan fingerprint density at radius 2 is 1.25 bits per heavy atom. The fourth-order valence-corrected chi connectivity index (χ4v) is 39.2. The first-order chi connectivity index (χ1) is 10.7. The monoisotopic (exact) mass is 390 g/mol. The third-order valence-corrected chi connectivity index (χ3v) is 34.3. The zero-order chi connectivity index (χ0) is 18.8. The van der Waals surface area contributed by atoms with Crippen molar-refractivity contribution in [1.29, 1.82) is 0 Å². The molecule has 134 valence electrons. The summed E-state index contributed by atoms with van der Waals surface area (Å²) in [5.74, 6) is 0. The fraction of sp³-hybridized carbons (Fsp3) is 0.600. The zero-order valence-corrected chi connectivity index (χ0v) is 21.7. The van der Waals surface area contributed by atoms with Crippen LogP contribution in [0.15, 0.2) is 41.6 Å². The summed E-state index contributed by atoms with van der Waals surface area (Å²) in [5, 5.41) is 1.64. The van der Waals surface area contributed by atoms with Gasteiger partial charge in [0.25, 0.3) is 0 Å².